The van der Waals surface area contributed by atoms with Crippen molar-refractivity contribution in [1.29, 1.82) is 0 Å². The normalized spacial score (nSPS) is 10.1. The van der Waals surface area contributed by atoms with Gasteiger partial charge in [0.05, 0.1) is 18.4 Å². The Labute approximate surface area is 117 Å². The Morgan fingerprint density at radius 3 is 2.65 bits per heavy atom. The lowest BCUT2D eigenvalue weighted by molar-refractivity contribution is 0.0602. The van der Waals surface area contributed by atoms with Gasteiger partial charge >= 0.3 is 5.97 Å². The number of esters is 1. The highest BCUT2D eigenvalue weighted by Gasteiger charge is 2.15. The molecule has 2 rings (SSSR count). The molecule has 0 aliphatic carbocycles. The largest absolute Gasteiger partial charge is 0.465 e. The predicted octanol–water partition coefficient (Wildman–Crippen LogP) is 2.55. The molecule has 1 aromatic heterocycles. The van der Waals surface area contributed by atoms with Crippen molar-refractivity contribution >= 4 is 17.6 Å². The molecule has 0 bridgehead atoms. The Balaban J connectivity index is 2.26. The molecular weight excluding hydrogens is 256 g/mol. The molecule has 20 heavy (non-hydrogen) atoms. The second-order valence-electron chi connectivity index (χ2n) is 4.17. The average molecular weight is 272 g/mol. The van der Waals surface area contributed by atoms with Gasteiger partial charge < -0.3 is 14.6 Å². The zero-order valence-electron chi connectivity index (χ0n) is 11.4. The minimum absolute atomic E-state index is 0.256. The average Bonchev–Trinajstić information content (AvgIpc) is 2.95. The number of anilines is 1. The van der Waals surface area contributed by atoms with Crippen LogP contribution in [0.15, 0.2) is 42.6 Å². The van der Waals surface area contributed by atoms with Crippen molar-refractivity contribution in [3.05, 3.63) is 53.9 Å². The van der Waals surface area contributed by atoms with E-state index in [1.165, 1.54) is 7.11 Å². The van der Waals surface area contributed by atoms with E-state index in [2.05, 4.69) is 5.32 Å². The van der Waals surface area contributed by atoms with Crippen LogP contribution in [0, 0.1) is 0 Å². The Hall–Kier alpha value is -2.56. The van der Waals surface area contributed by atoms with E-state index in [1.54, 1.807) is 30.3 Å². The summed E-state index contributed by atoms with van der Waals surface area (Å²) in [5, 5.41) is 2.74. The van der Waals surface area contributed by atoms with E-state index in [0.717, 1.165) is 0 Å². The van der Waals surface area contributed by atoms with Gasteiger partial charge in [0.1, 0.15) is 5.69 Å². The first-order valence-corrected chi connectivity index (χ1v) is 6.31. The summed E-state index contributed by atoms with van der Waals surface area (Å²) in [6.07, 6.45) is 1.83. The number of aromatic nitrogens is 1. The SMILES string of the molecule is CCn1cccc1C(=O)Nc1ccccc1C(=O)OC. The Kier molecular flexibility index (Phi) is 4.20. The van der Waals surface area contributed by atoms with Crippen LogP contribution in [-0.4, -0.2) is 23.6 Å². The summed E-state index contributed by atoms with van der Waals surface area (Å²) in [6, 6.07) is 10.3. The summed E-state index contributed by atoms with van der Waals surface area (Å²) < 4.78 is 6.53. The number of aryl methyl sites for hydroxylation is 1. The van der Waals surface area contributed by atoms with Gasteiger partial charge in [-0.1, -0.05) is 12.1 Å². The number of benzene rings is 1. The highest BCUT2D eigenvalue weighted by atomic mass is 16.5. The highest BCUT2D eigenvalue weighted by Crippen LogP contribution is 2.17. The van der Waals surface area contributed by atoms with Crippen LogP contribution in [0.2, 0.25) is 0 Å². The number of nitrogens with one attached hydrogen (secondary N) is 1. The third-order valence-electron chi connectivity index (χ3n) is 2.98. The van der Waals surface area contributed by atoms with Gasteiger partial charge in [0.15, 0.2) is 0 Å². The van der Waals surface area contributed by atoms with Crippen LogP contribution < -0.4 is 5.32 Å². The number of nitrogens with zero attached hydrogens (tertiary/aromatic N) is 1. The standard InChI is InChI=1S/C15H16N2O3/c1-3-17-10-6-9-13(17)14(18)16-12-8-5-4-7-11(12)15(19)20-2/h4-10H,3H2,1-2H3,(H,16,18). The molecule has 104 valence electrons. The molecular formula is C15H16N2O3. The van der Waals surface area contributed by atoms with E-state index in [0.29, 0.717) is 23.5 Å². The topological polar surface area (TPSA) is 60.3 Å². The lowest BCUT2D eigenvalue weighted by atomic mass is 10.1. The summed E-state index contributed by atoms with van der Waals surface area (Å²) in [5.41, 5.74) is 1.32. The van der Waals surface area contributed by atoms with E-state index in [4.69, 9.17) is 4.74 Å². The second-order valence-corrected chi connectivity index (χ2v) is 4.17. The molecule has 5 nitrogen and oxygen atoms in total. The maximum atomic E-state index is 12.2. The molecule has 1 heterocycles. The lowest BCUT2D eigenvalue weighted by Gasteiger charge is -2.10. The first-order chi connectivity index (χ1) is 9.67. The number of ether oxygens (including phenoxy) is 1. The fourth-order valence-electron chi connectivity index (χ4n) is 1.96. The molecule has 0 aliphatic rings. The summed E-state index contributed by atoms with van der Waals surface area (Å²) in [5.74, 6) is -0.736. The van der Waals surface area contributed by atoms with E-state index in [-0.39, 0.29) is 5.91 Å². The summed E-state index contributed by atoms with van der Waals surface area (Å²) in [4.78, 5) is 23.9. The Morgan fingerprint density at radius 1 is 1.20 bits per heavy atom. The summed E-state index contributed by atoms with van der Waals surface area (Å²) in [6.45, 7) is 2.66. The van der Waals surface area contributed by atoms with Crippen LogP contribution in [0.3, 0.4) is 0 Å². The molecule has 0 fully saturated rings. The van der Waals surface area contributed by atoms with Gasteiger partial charge in [0.25, 0.3) is 5.91 Å². The monoisotopic (exact) mass is 272 g/mol. The minimum Gasteiger partial charge on any atom is -0.465 e. The van der Waals surface area contributed by atoms with Crippen molar-refractivity contribution < 1.29 is 14.3 Å². The van der Waals surface area contributed by atoms with Gasteiger partial charge in [-0.2, -0.15) is 0 Å². The van der Waals surface area contributed by atoms with Crippen LogP contribution in [0.1, 0.15) is 27.8 Å². The number of methoxy groups -OCH3 is 1. The molecule has 0 saturated carbocycles. The van der Waals surface area contributed by atoms with E-state index in [1.807, 2.05) is 23.8 Å². The van der Waals surface area contributed by atoms with Crippen LogP contribution in [0.4, 0.5) is 5.69 Å². The van der Waals surface area contributed by atoms with Gasteiger partial charge in [0, 0.05) is 12.7 Å². The fourth-order valence-corrected chi connectivity index (χ4v) is 1.96. The van der Waals surface area contributed by atoms with Crippen molar-refractivity contribution in [3.63, 3.8) is 0 Å². The molecule has 0 atom stereocenters. The van der Waals surface area contributed by atoms with Gasteiger partial charge in [-0.15, -0.1) is 0 Å². The summed E-state index contributed by atoms with van der Waals surface area (Å²) in [7, 11) is 1.31. The van der Waals surface area contributed by atoms with Crippen molar-refractivity contribution in [2.45, 2.75) is 13.5 Å². The van der Waals surface area contributed by atoms with Crippen molar-refractivity contribution in [2.24, 2.45) is 0 Å². The van der Waals surface area contributed by atoms with Gasteiger partial charge in [0.2, 0.25) is 0 Å². The van der Waals surface area contributed by atoms with Crippen molar-refractivity contribution in [2.75, 3.05) is 12.4 Å². The predicted molar refractivity (Wildman–Crippen MR) is 75.8 cm³/mol. The second kappa shape index (κ2) is 6.06. The molecule has 1 aromatic carbocycles. The van der Waals surface area contributed by atoms with E-state index >= 15 is 0 Å². The zero-order chi connectivity index (χ0) is 14.5. The number of hydrogen-bond donors (Lipinski definition) is 1. The van der Waals surface area contributed by atoms with Crippen LogP contribution >= 0.6 is 0 Å². The van der Waals surface area contributed by atoms with E-state index < -0.39 is 5.97 Å². The number of hydrogen-bond acceptors (Lipinski definition) is 3. The Morgan fingerprint density at radius 2 is 1.95 bits per heavy atom. The van der Waals surface area contributed by atoms with Crippen LogP contribution in [-0.2, 0) is 11.3 Å². The first-order valence-electron chi connectivity index (χ1n) is 6.31. The number of carbonyl (C=O) groups excluding carboxylic acids is 2. The van der Waals surface area contributed by atoms with Gasteiger partial charge in [-0.25, -0.2) is 4.79 Å². The molecule has 5 heteroatoms. The molecule has 0 radical (unpaired) electrons. The summed E-state index contributed by atoms with van der Waals surface area (Å²) >= 11 is 0. The van der Waals surface area contributed by atoms with Crippen molar-refractivity contribution in [3.8, 4) is 0 Å². The van der Waals surface area contributed by atoms with E-state index in [9.17, 15) is 9.59 Å². The number of rotatable bonds is 4. The third kappa shape index (κ3) is 2.71. The minimum atomic E-state index is -0.480. The smallest absolute Gasteiger partial charge is 0.339 e. The maximum Gasteiger partial charge on any atom is 0.339 e. The molecule has 0 aliphatic heterocycles. The van der Waals surface area contributed by atoms with Gasteiger partial charge in [-0.3, -0.25) is 4.79 Å². The molecule has 1 N–H and O–H groups in total. The van der Waals surface area contributed by atoms with Crippen molar-refractivity contribution in [1.82, 2.24) is 4.57 Å². The lowest BCUT2D eigenvalue weighted by Crippen LogP contribution is -2.18. The molecule has 0 saturated heterocycles. The third-order valence-corrected chi connectivity index (χ3v) is 2.98. The number of para-hydroxylation sites is 1. The number of carbonyl (C=O) groups is 2. The van der Waals surface area contributed by atoms with Crippen LogP contribution in [0.5, 0.6) is 0 Å². The Bertz CT molecular complexity index is 632. The first kappa shape index (κ1) is 13.9. The molecule has 2 aromatic rings. The van der Waals surface area contributed by atoms with Crippen LogP contribution in [0.25, 0.3) is 0 Å². The maximum absolute atomic E-state index is 12.2. The quantitative estimate of drug-likeness (QED) is 0.870. The highest BCUT2D eigenvalue weighted by molar-refractivity contribution is 6.07. The number of amides is 1. The molecule has 0 unspecified atom stereocenters. The molecule has 0 spiro atoms. The van der Waals surface area contributed by atoms with Gasteiger partial charge in [-0.05, 0) is 31.2 Å². The zero-order valence-corrected chi connectivity index (χ0v) is 11.4. The fraction of sp³-hybridized carbons (Fsp3) is 0.200. The molecule has 1 amide bonds.